The number of hydrogen-bond acceptors (Lipinski definition) is 3. The van der Waals surface area contributed by atoms with E-state index in [0.29, 0.717) is 13.1 Å². The van der Waals surface area contributed by atoms with E-state index in [1.165, 1.54) is 11.3 Å². The number of piperidine rings is 1. The number of hydrogen-bond donors (Lipinski definition) is 2. The maximum Gasteiger partial charge on any atom is 0.407 e. The quantitative estimate of drug-likeness (QED) is 0.764. The minimum atomic E-state index is -0.885. The van der Waals surface area contributed by atoms with Gasteiger partial charge in [0, 0.05) is 24.9 Å². The lowest BCUT2D eigenvalue weighted by Crippen LogP contribution is -2.41. The van der Waals surface area contributed by atoms with Crippen molar-refractivity contribution in [1.29, 1.82) is 0 Å². The van der Waals surface area contributed by atoms with Crippen molar-refractivity contribution in [1.82, 2.24) is 10.2 Å². The average molecular weight is 308 g/mol. The van der Waals surface area contributed by atoms with Gasteiger partial charge in [0.2, 0.25) is 11.8 Å². The number of rotatable bonds is 2. The minimum Gasteiger partial charge on any atom is -0.465 e. The van der Waals surface area contributed by atoms with E-state index in [2.05, 4.69) is 5.32 Å². The van der Waals surface area contributed by atoms with Crippen LogP contribution in [0.3, 0.4) is 0 Å². The molecule has 3 amide bonds. The van der Waals surface area contributed by atoms with Crippen LogP contribution < -0.4 is 5.32 Å². The van der Waals surface area contributed by atoms with Gasteiger partial charge in [-0.2, -0.15) is 0 Å². The molecule has 2 aliphatic carbocycles. The Labute approximate surface area is 130 Å². The highest BCUT2D eigenvalue weighted by molar-refractivity contribution is 5.98. The van der Waals surface area contributed by atoms with Gasteiger partial charge < -0.3 is 10.0 Å². The predicted octanol–water partition coefficient (Wildman–Crippen LogP) is 1.99. The van der Waals surface area contributed by atoms with Gasteiger partial charge in [-0.3, -0.25) is 14.9 Å². The van der Waals surface area contributed by atoms with Crippen molar-refractivity contribution in [3.05, 3.63) is 0 Å². The molecule has 22 heavy (non-hydrogen) atoms. The third-order valence-corrected chi connectivity index (χ3v) is 5.76. The molecule has 1 aliphatic heterocycles. The summed E-state index contributed by atoms with van der Waals surface area (Å²) in [6, 6.07) is 0. The number of carbonyl (C=O) groups excluding carboxylic acids is 2. The van der Waals surface area contributed by atoms with Gasteiger partial charge in [0.05, 0.1) is 0 Å². The van der Waals surface area contributed by atoms with Gasteiger partial charge in [-0.1, -0.05) is 19.3 Å². The summed E-state index contributed by atoms with van der Waals surface area (Å²) in [5, 5.41) is 11.6. The monoisotopic (exact) mass is 308 g/mol. The number of nitrogens with zero attached hydrogens (tertiary/aromatic N) is 1. The van der Waals surface area contributed by atoms with Crippen LogP contribution in [-0.2, 0) is 9.59 Å². The fourth-order valence-electron chi connectivity index (χ4n) is 4.09. The highest BCUT2D eigenvalue weighted by atomic mass is 16.4. The molecule has 0 aromatic heterocycles. The van der Waals surface area contributed by atoms with E-state index < -0.39 is 6.09 Å². The number of carboxylic acid groups (broad SMARTS) is 1. The molecule has 3 aliphatic rings. The lowest BCUT2D eigenvalue weighted by Gasteiger charge is -2.30. The van der Waals surface area contributed by atoms with E-state index in [1.54, 1.807) is 0 Å². The average Bonchev–Trinajstić information content (AvgIpc) is 3.22. The Bertz CT molecular complexity index is 477. The number of nitrogens with one attached hydrogen (secondary N) is 1. The van der Waals surface area contributed by atoms with Gasteiger partial charge in [0.25, 0.3) is 0 Å². The highest BCUT2D eigenvalue weighted by Gasteiger charge is 2.59. The molecule has 6 nitrogen and oxygen atoms in total. The van der Waals surface area contributed by atoms with Gasteiger partial charge in [-0.25, -0.2) is 4.79 Å². The second kappa shape index (κ2) is 5.89. The summed E-state index contributed by atoms with van der Waals surface area (Å²) in [6.45, 7) is 0.991. The molecule has 0 aromatic rings. The summed E-state index contributed by atoms with van der Waals surface area (Å²) in [6.07, 6.45) is 6.49. The molecule has 6 heteroatoms. The van der Waals surface area contributed by atoms with E-state index in [-0.39, 0.29) is 29.1 Å². The number of amides is 3. The Morgan fingerprint density at radius 3 is 2.23 bits per heavy atom. The molecule has 0 bridgehead atoms. The Morgan fingerprint density at radius 1 is 1.00 bits per heavy atom. The molecule has 0 radical (unpaired) electrons. The van der Waals surface area contributed by atoms with Crippen molar-refractivity contribution in [2.24, 2.45) is 17.3 Å². The van der Waals surface area contributed by atoms with Crippen LogP contribution in [0.2, 0.25) is 0 Å². The van der Waals surface area contributed by atoms with Crippen LogP contribution in [0.1, 0.15) is 51.4 Å². The second-order valence-electron chi connectivity index (χ2n) is 7.08. The third kappa shape index (κ3) is 2.96. The zero-order valence-corrected chi connectivity index (χ0v) is 12.8. The molecule has 3 rings (SSSR count). The van der Waals surface area contributed by atoms with Crippen LogP contribution in [0, 0.1) is 17.3 Å². The van der Waals surface area contributed by atoms with Crippen molar-refractivity contribution < 1.29 is 19.5 Å². The summed E-state index contributed by atoms with van der Waals surface area (Å²) in [4.78, 5) is 36.8. The van der Waals surface area contributed by atoms with Crippen LogP contribution >= 0.6 is 0 Å². The van der Waals surface area contributed by atoms with Crippen LogP contribution in [0.15, 0.2) is 0 Å². The zero-order chi connectivity index (χ0) is 15.7. The van der Waals surface area contributed by atoms with E-state index in [9.17, 15) is 14.4 Å². The zero-order valence-electron chi connectivity index (χ0n) is 12.8. The molecule has 1 saturated heterocycles. The predicted molar refractivity (Wildman–Crippen MR) is 79.1 cm³/mol. The summed E-state index contributed by atoms with van der Waals surface area (Å²) in [7, 11) is 0. The normalized spacial score (nSPS) is 27.5. The Hall–Kier alpha value is -1.59. The van der Waals surface area contributed by atoms with Gasteiger partial charge >= 0.3 is 6.09 Å². The van der Waals surface area contributed by atoms with Crippen LogP contribution in [0.25, 0.3) is 0 Å². The topological polar surface area (TPSA) is 86.7 Å². The Kier molecular flexibility index (Phi) is 4.10. The molecule has 2 saturated carbocycles. The van der Waals surface area contributed by atoms with Gasteiger partial charge in [0.15, 0.2) is 0 Å². The van der Waals surface area contributed by atoms with Crippen molar-refractivity contribution >= 4 is 17.9 Å². The first-order valence-corrected chi connectivity index (χ1v) is 8.34. The first-order valence-electron chi connectivity index (χ1n) is 8.34. The molecular weight excluding hydrogens is 284 g/mol. The second-order valence-corrected chi connectivity index (χ2v) is 7.08. The van der Waals surface area contributed by atoms with Gasteiger partial charge in [-0.05, 0) is 37.5 Å². The molecule has 122 valence electrons. The fraction of sp³-hybridized carbons (Fsp3) is 0.812. The number of carbonyl (C=O) groups is 3. The lowest BCUT2D eigenvalue weighted by atomic mass is 9.88. The molecule has 1 spiro atoms. The Morgan fingerprint density at radius 2 is 1.64 bits per heavy atom. The maximum atomic E-state index is 12.3. The van der Waals surface area contributed by atoms with Crippen molar-refractivity contribution in [2.75, 3.05) is 13.1 Å². The lowest BCUT2D eigenvalue weighted by molar-refractivity contribution is -0.134. The van der Waals surface area contributed by atoms with Gasteiger partial charge in [-0.15, -0.1) is 0 Å². The summed E-state index contributed by atoms with van der Waals surface area (Å²) in [5.41, 5.74) is -0.0527. The SMILES string of the molecule is O=C(NC(=O)[C@H]1CC12CCN(C(=O)O)CC2)C1CCCCC1. The smallest absolute Gasteiger partial charge is 0.407 e. The molecule has 0 aromatic carbocycles. The first-order chi connectivity index (χ1) is 10.5. The van der Waals surface area contributed by atoms with E-state index >= 15 is 0 Å². The van der Waals surface area contributed by atoms with Crippen LogP contribution in [0.5, 0.6) is 0 Å². The van der Waals surface area contributed by atoms with E-state index in [0.717, 1.165) is 44.9 Å². The number of likely N-dealkylation sites (tertiary alicyclic amines) is 1. The minimum absolute atomic E-state index is 0.00116. The molecular formula is C16H24N2O4. The van der Waals surface area contributed by atoms with Crippen molar-refractivity contribution in [3.63, 3.8) is 0 Å². The molecule has 0 unspecified atom stereocenters. The van der Waals surface area contributed by atoms with Gasteiger partial charge in [0.1, 0.15) is 0 Å². The first kappa shape index (κ1) is 15.3. The standard InChI is InChI=1S/C16H24N2O4/c19-13(11-4-2-1-3-5-11)17-14(20)12-10-16(12)6-8-18(9-7-16)15(21)22/h11-12H,1-10H2,(H,21,22)(H,17,19,20)/t12-/m1/s1. The number of imide groups is 1. The summed E-state index contributed by atoms with van der Waals surface area (Å²) in [5.74, 6) is -0.341. The van der Waals surface area contributed by atoms with E-state index in [4.69, 9.17) is 5.11 Å². The molecule has 3 fully saturated rings. The summed E-state index contributed by atoms with van der Waals surface area (Å²) < 4.78 is 0. The van der Waals surface area contributed by atoms with Crippen LogP contribution in [-0.4, -0.2) is 41.0 Å². The molecule has 2 N–H and O–H groups in total. The third-order valence-electron chi connectivity index (χ3n) is 5.76. The van der Waals surface area contributed by atoms with Crippen molar-refractivity contribution in [3.8, 4) is 0 Å². The molecule has 1 atom stereocenters. The van der Waals surface area contributed by atoms with Crippen molar-refractivity contribution in [2.45, 2.75) is 51.4 Å². The molecule has 1 heterocycles. The maximum absolute atomic E-state index is 12.3. The van der Waals surface area contributed by atoms with E-state index in [1.807, 2.05) is 0 Å². The van der Waals surface area contributed by atoms with Crippen LogP contribution in [0.4, 0.5) is 4.79 Å². The Balaban J connectivity index is 1.48. The largest absolute Gasteiger partial charge is 0.465 e. The summed E-state index contributed by atoms with van der Waals surface area (Å²) >= 11 is 0. The fourth-order valence-corrected chi connectivity index (χ4v) is 4.09. The highest BCUT2D eigenvalue weighted by Crippen LogP contribution is 2.59.